The summed E-state index contributed by atoms with van der Waals surface area (Å²) in [6.45, 7) is 4.89. The third kappa shape index (κ3) is 3.26. The fourth-order valence-corrected chi connectivity index (χ4v) is 4.44. The molecule has 3 amide bonds. The summed E-state index contributed by atoms with van der Waals surface area (Å²) >= 11 is 0. The third-order valence-corrected chi connectivity index (χ3v) is 5.64. The van der Waals surface area contributed by atoms with Crippen LogP contribution in [-0.2, 0) is 16.8 Å². The number of rotatable bonds is 5. The molecule has 1 aliphatic carbocycles. The molecule has 5 nitrogen and oxygen atoms in total. The van der Waals surface area contributed by atoms with Crippen molar-refractivity contribution in [2.24, 2.45) is 0 Å². The molecule has 146 valence electrons. The predicted molar refractivity (Wildman–Crippen MR) is 107 cm³/mol. The molecule has 2 aliphatic rings. The van der Waals surface area contributed by atoms with Crippen LogP contribution in [0.2, 0.25) is 0 Å². The quantitative estimate of drug-likeness (QED) is 0.635. The molecule has 1 N–H and O–H groups in total. The second kappa shape index (κ2) is 7.30. The Morgan fingerprint density at radius 2 is 1.86 bits per heavy atom. The molecular weight excluding hydrogens is 352 g/mol. The van der Waals surface area contributed by atoms with Crippen LogP contribution in [0.25, 0.3) is 0 Å². The van der Waals surface area contributed by atoms with Gasteiger partial charge in [-0.25, -0.2) is 4.79 Å². The summed E-state index contributed by atoms with van der Waals surface area (Å²) in [6.07, 6.45) is 3.10. The van der Waals surface area contributed by atoms with Gasteiger partial charge in [-0.2, -0.15) is 0 Å². The fraction of sp³-hybridized carbons (Fsp3) is 0.391. The van der Waals surface area contributed by atoms with Gasteiger partial charge >= 0.3 is 6.03 Å². The van der Waals surface area contributed by atoms with Gasteiger partial charge in [0.2, 0.25) is 0 Å². The molecule has 1 heterocycles. The lowest BCUT2D eigenvalue weighted by Crippen LogP contribution is -2.46. The molecule has 4 rings (SSSR count). The van der Waals surface area contributed by atoms with Gasteiger partial charge in [0.05, 0.1) is 6.61 Å². The number of carbonyl (C=O) groups is 2. The summed E-state index contributed by atoms with van der Waals surface area (Å²) < 4.78 is 5.82. The van der Waals surface area contributed by atoms with Crippen molar-refractivity contribution >= 4 is 11.9 Å². The van der Waals surface area contributed by atoms with Gasteiger partial charge in [0, 0.05) is 6.54 Å². The minimum atomic E-state index is -0.888. The second-order valence-corrected chi connectivity index (χ2v) is 7.83. The van der Waals surface area contributed by atoms with E-state index in [0.717, 1.165) is 40.8 Å². The number of fused-ring (bicyclic) bond motifs is 2. The van der Waals surface area contributed by atoms with E-state index in [1.54, 1.807) is 0 Å². The van der Waals surface area contributed by atoms with Crippen LogP contribution in [0.3, 0.4) is 0 Å². The first-order chi connectivity index (χ1) is 13.5. The first-order valence-corrected chi connectivity index (χ1v) is 9.93. The smallest absolute Gasteiger partial charge is 0.325 e. The van der Waals surface area contributed by atoms with Crippen molar-refractivity contribution in [3.8, 4) is 5.75 Å². The zero-order valence-electron chi connectivity index (χ0n) is 16.5. The number of amides is 3. The zero-order valence-corrected chi connectivity index (χ0v) is 16.5. The highest BCUT2D eigenvalue weighted by Crippen LogP contribution is 2.39. The van der Waals surface area contributed by atoms with Crippen LogP contribution in [0.4, 0.5) is 4.79 Å². The van der Waals surface area contributed by atoms with Crippen molar-refractivity contribution in [3.05, 3.63) is 64.7 Å². The zero-order chi connectivity index (χ0) is 19.7. The maximum absolute atomic E-state index is 13.2. The summed E-state index contributed by atoms with van der Waals surface area (Å²) in [5, 5.41) is 3.00. The lowest BCUT2D eigenvalue weighted by Gasteiger charge is -2.33. The molecule has 1 atom stereocenters. The highest BCUT2D eigenvalue weighted by Gasteiger charge is 2.53. The lowest BCUT2D eigenvalue weighted by atomic mass is 9.76. The number of ether oxygens (including phenoxy) is 1. The Balaban J connectivity index is 1.41. The number of urea groups is 1. The van der Waals surface area contributed by atoms with Gasteiger partial charge in [-0.15, -0.1) is 0 Å². The number of benzene rings is 2. The van der Waals surface area contributed by atoms with Crippen LogP contribution in [0.15, 0.2) is 42.5 Å². The highest BCUT2D eigenvalue weighted by atomic mass is 16.5. The Bertz CT molecular complexity index is 904. The number of nitrogens with one attached hydrogen (secondary N) is 1. The maximum atomic E-state index is 13.2. The van der Waals surface area contributed by atoms with Crippen molar-refractivity contribution in [2.75, 3.05) is 13.2 Å². The van der Waals surface area contributed by atoms with E-state index in [-0.39, 0.29) is 11.9 Å². The molecule has 1 saturated heterocycles. The van der Waals surface area contributed by atoms with Crippen molar-refractivity contribution in [1.82, 2.24) is 10.2 Å². The minimum absolute atomic E-state index is 0.129. The molecule has 2 aromatic carbocycles. The molecule has 0 saturated carbocycles. The van der Waals surface area contributed by atoms with Crippen molar-refractivity contribution in [2.45, 2.75) is 45.1 Å². The lowest BCUT2D eigenvalue weighted by molar-refractivity contribution is -0.132. The Kier molecular flexibility index (Phi) is 4.84. The topological polar surface area (TPSA) is 58.6 Å². The van der Waals surface area contributed by atoms with E-state index >= 15 is 0 Å². The number of hydrogen-bond donors (Lipinski definition) is 1. The Morgan fingerprint density at radius 3 is 2.64 bits per heavy atom. The Morgan fingerprint density at radius 1 is 1.11 bits per heavy atom. The van der Waals surface area contributed by atoms with Gasteiger partial charge in [0.1, 0.15) is 11.3 Å². The summed E-state index contributed by atoms with van der Waals surface area (Å²) in [5.74, 6) is 0.698. The summed E-state index contributed by atoms with van der Waals surface area (Å²) in [4.78, 5) is 27.1. The first kappa shape index (κ1) is 18.5. The molecule has 0 bridgehead atoms. The number of aryl methyl sites for hydroxylation is 3. The Labute approximate surface area is 165 Å². The van der Waals surface area contributed by atoms with E-state index < -0.39 is 5.54 Å². The van der Waals surface area contributed by atoms with E-state index in [2.05, 4.69) is 17.4 Å². The molecule has 28 heavy (non-hydrogen) atoms. The van der Waals surface area contributed by atoms with Crippen LogP contribution < -0.4 is 10.1 Å². The van der Waals surface area contributed by atoms with Gasteiger partial charge in [-0.3, -0.25) is 9.69 Å². The minimum Gasteiger partial charge on any atom is -0.494 e. The monoisotopic (exact) mass is 378 g/mol. The molecule has 0 unspecified atom stereocenters. The van der Waals surface area contributed by atoms with Crippen LogP contribution in [-0.4, -0.2) is 30.0 Å². The molecule has 5 heteroatoms. The fourth-order valence-electron chi connectivity index (χ4n) is 4.44. The van der Waals surface area contributed by atoms with Crippen molar-refractivity contribution < 1.29 is 14.3 Å². The molecular formula is C23H26N2O3. The standard InChI is InChI=1S/C23H26N2O3/c1-16-13-17(2)15-19(14-16)28-12-6-11-25-21(26)23(24-22(25)27)10-5-8-18-7-3-4-9-20(18)23/h3-4,7,9,13-15H,5-6,8,10-12H2,1-2H3,(H,24,27)/t23-/m0/s1. The van der Waals surface area contributed by atoms with E-state index in [9.17, 15) is 9.59 Å². The van der Waals surface area contributed by atoms with Crippen LogP contribution in [0.1, 0.15) is 41.5 Å². The number of imide groups is 1. The van der Waals surface area contributed by atoms with Crippen molar-refractivity contribution in [1.29, 1.82) is 0 Å². The highest BCUT2D eigenvalue weighted by molar-refractivity contribution is 6.07. The summed E-state index contributed by atoms with van der Waals surface area (Å²) in [6, 6.07) is 13.7. The van der Waals surface area contributed by atoms with Gasteiger partial charge in [-0.05, 0) is 73.9 Å². The van der Waals surface area contributed by atoms with Gasteiger partial charge < -0.3 is 10.1 Å². The first-order valence-electron chi connectivity index (χ1n) is 9.93. The predicted octanol–water partition coefficient (Wildman–Crippen LogP) is 3.86. The number of nitrogens with zero attached hydrogens (tertiary/aromatic N) is 1. The van der Waals surface area contributed by atoms with Crippen LogP contribution in [0.5, 0.6) is 5.75 Å². The number of hydrogen-bond acceptors (Lipinski definition) is 3. The van der Waals surface area contributed by atoms with Crippen LogP contribution in [0, 0.1) is 13.8 Å². The van der Waals surface area contributed by atoms with Gasteiger partial charge in [-0.1, -0.05) is 30.3 Å². The molecule has 2 aromatic rings. The molecule has 1 aliphatic heterocycles. The van der Waals surface area contributed by atoms with Gasteiger partial charge in [0.15, 0.2) is 0 Å². The number of carbonyl (C=O) groups excluding carboxylic acids is 2. The molecule has 0 radical (unpaired) electrons. The van der Waals surface area contributed by atoms with Crippen molar-refractivity contribution in [3.63, 3.8) is 0 Å². The van der Waals surface area contributed by atoms with Crippen LogP contribution >= 0.6 is 0 Å². The summed E-state index contributed by atoms with van der Waals surface area (Å²) in [5.41, 5.74) is 3.53. The van der Waals surface area contributed by atoms with E-state index in [4.69, 9.17) is 4.74 Å². The van der Waals surface area contributed by atoms with Gasteiger partial charge in [0.25, 0.3) is 5.91 Å². The van der Waals surface area contributed by atoms with E-state index in [0.29, 0.717) is 26.0 Å². The average molecular weight is 378 g/mol. The molecule has 0 aromatic heterocycles. The largest absolute Gasteiger partial charge is 0.494 e. The summed E-state index contributed by atoms with van der Waals surface area (Å²) in [7, 11) is 0. The van der Waals surface area contributed by atoms with E-state index in [1.165, 1.54) is 4.90 Å². The molecule has 1 fully saturated rings. The average Bonchev–Trinajstić information content (AvgIpc) is 2.89. The second-order valence-electron chi connectivity index (χ2n) is 7.83. The normalized spacial score (nSPS) is 21.0. The Hall–Kier alpha value is -2.82. The molecule has 1 spiro atoms. The van der Waals surface area contributed by atoms with E-state index in [1.807, 2.05) is 44.2 Å². The maximum Gasteiger partial charge on any atom is 0.325 e. The third-order valence-electron chi connectivity index (χ3n) is 5.64. The SMILES string of the molecule is Cc1cc(C)cc(OCCCN2C(=O)N[C@]3(CCCc4ccccc43)C2=O)c1.